The summed E-state index contributed by atoms with van der Waals surface area (Å²) in [7, 11) is 1.55. The number of benzene rings is 3. The third-order valence-corrected chi connectivity index (χ3v) is 7.49. The number of rotatable bonds is 7. The minimum Gasteiger partial charge on any atom is -0.497 e. The Kier molecular flexibility index (Phi) is 6.82. The van der Waals surface area contributed by atoms with Crippen molar-refractivity contribution in [2.24, 2.45) is 0 Å². The number of anilines is 1. The molecule has 2 aliphatic heterocycles. The van der Waals surface area contributed by atoms with Crippen LogP contribution in [0.1, 0.15) is 27.5 Å². The number of fused-ring (bicyclic) bond motifs is 2. The van der Waals surface area contributed by atoms with Crippen molar-refractivity contribution in [3.63, 3.8) is 0 Å². The Bertz CT molecular complexity index is 1390. The van der Waals surface area contributed by atoms with Crippen molar-refractivity contribution in [1.82, 2.24) is 15.5 Å². The van der Waals surface area contributed by atoms with Crippen LogP contribution in [0, 0.1) is 0 Å². The van der Waals surface area contributed by atoms with Gasteiger partial charge in [-0.05, 0) is 40.5 Å². The van der Waals surface area contributed by atoms with Gasteiger partial charge in [0.1, 0.15) is 5.75 Å². The molecule has 0 radical (unpaired) electrons. The maximum atomic E-state index is 13.1. The van der Waals surface area contributed by atoms with Gasteiger partial charge in [-0.3, -0.25) is 19.7 Å². The number of nitrogens with one attached hydrogen (secondary N) is 3. The summed E-state index contributed by atoms with van der Waals surface area (Å²) in [5.41, 5.74) is 4.97. The third kappa shape index (κ3) is 5.01. The summed E-state index contributed by atoms with van der Waals surface area (Å²) in [6, 6.07) is 17.6. The molecule has 5 amide bonds. The van der Waals surface area contributed by atoms with Gasteiger partial charge in [0.15, 0.2) is 0 Å². The second-order valence-electron chi connectivity index (χ2n) is 8.64. The van der Waals surface area contributed by atoms with Gasteiger partial charge in [-0.2, -0.15) is 0 Å². The Labute approximate surface area is 217 Å². The third-order valence-electron chi connectivity index (χ3n) is 6.35. The van der Waals surface area contributed by atoms with Crippen molar-refractivity contribution in [3.8, 4) is 16.9 Å². The maximum Gasteiger partial charge on any atom is 0.321 e. The molecule has 0 spiro atoms. The molecule has 0 fully saturated rings. The number of urea groups is 1. The van der Waals surface area contributed by atoms with E-state index in [-0.39, 0.29) is 18.4 Å². The molecule has 0 unspecified atom stereocenters. The van der Waals surface area contributed by atoms with E-state index in [1.165, 1.54) is 11.8 Å². The number of carbonyl (C=O) groups is 4. The predicted molar refractivity (Wildman–Crippen MR) is 139 cm³/mol. The van der Waals surface area contributed by atoms with Crippen molar-refractivity contribution >= 4 is 41.7 Å². The summed E-state index contributed by atoms with van der Waals surface area (Å²) in [5, 5.41) is 7.80. The Morgan fingerprint density at radius 1 is 1.14 bits per heavy atom. The van der Waals surface area contributed by atoms with E-state index in [9.17, 15) is 19.2 Å². The molecular formula is C27H24N4O5S. The molecule has 0 bridgehead atoms. The van der Waals surface area contributed by atoms with Crippen LogP contribution in [0.3, 0.4) is 0 Å². The van der Waals surface area contributed by atoms with Gasteiger partial charge in [-0.15, -0.1) is 11.8 Å². The number of carbonyl (C=O) groups excluding carboxylic acids is 4. The van der Waals surface area contributed by atoms with E-state index in [1.54, 1.807) is 18.1 Å². The van der Waals surface area contributed by atoms with Gasteiger partial charge < -0.3 is 20.3 Å². The first-order valence-corrected chi connectivity index (χ1v) is 12.6. The highest BCUT2D eigenvalue weighted by Gasteiger charge is 2.30. The van der Waals surface area contributed by atoms with E-state index in [4.69, 9.17) is 4.74 Å². The lowest BCUT2D eigenvalue weighted by Crippen LogP contribution is -2.42. The first kappa shape index (κ1) is 24.4. The van der Waals surface area contributed by atoms with Crippen molar-refractivity contribution in [2.75, 3.05) is 24.7 Å². The summed E-state index contributed by atoms with van der Waals surface area (Å²) in [4.78, 5) is 50.6. The number of thioether (sulfide) groups is 1. The summed E-state index contributed by atoms with van der Waals surface area (Å²) in [6.07, 6.45) is 0.313. The smallest absolute Gasteiger partial charge is 0.321 e. The van der Waals surface area contributed by atoms with Crippen LogP contribution in [-0.2, 0) is 16.1 Å². The van der Waals surface area contributed by atoms with Crippen LogP contribution in [0.15, 0.2) is 65.6 Å². The molecule has 37 heavy (non-hydrogen) atoms. The largest absolute Gasteiger partial charge is 0.497 e. The van der Waals surface area contributed by atoms with Crippen LogP contribution in [0.25, 0.3) is 11.1 Å². The SMILES string of the molecule is COc1ccc2c(c1)C(=O)N(C[C@H](NC(=O)NC=O)c1ccc(-c3cccc4c3SCC(=O)N4)cc1)C2. The number of imide groups is 1. The standard InChI is InChI=1S/C27H24N4O5S/c1-36-19-10-9-18-12-31(26(34)21(18)11-19)13-23(30-27(35)28-15-32)17-7-5-16(6-8-17)20-3-2-4-22-25(20)37-14-24(33)29-22/h2-11,15,23H,12-14H2,1H3,(H,29,33)(H2,28,30,32,35)/t23-/m0/s1. The van der Waals surface area contributed by atoms with Gasteiger partial charge in [0, 0.05) is 23.5 Å². The number of nitrogens with zero attached hydrogens (tertiary/aromatic N) is 1. The zero-order chi connectivity index (χ0) is 25.9. The van der Waals surface area contributed by atoms with E-state index in [0.29, 0.717) is 30.0 Å². The minimum absolute atomic E-state index is 0.0235. The molecule has 2 aliphatic rings. The average Bonchev–Trinajstić information content (AvgIpc) is 3.22. The second kappa shape index (κ2) is 10.4. The Morgan fingerprint density at radius 2 is 1.95 bits per heavy atom. The topological polar surface area (TPSA) is 117 Å². The van der Waals surface area contributed by atoms with Crippen LogP contribution in [-0.4, -0.2) is 48.6 Å². The van der Waals surface area contributed by atoms with E-state index in [2.05, 4.69) is 16.0 Å². The lowest BCUT2D eigenvalue weighted by molar-refractivity contribution is -0.114. The summed E-state index contributed by atoms with van der Waals surface area (Å²) in [5.74, 6) is 0.788. The Hall–Kier alpha value is -4.31. The first-order chi connectivity index (χ1) is 18.0. The normalized spacial score (nSPS) is 14.8. The van der Waals surface area contributed by atoms with Crippen molar-refractivity contribution in [2.45, 2.75) is 17.5 Å². The Morgan fingerprint density at radius 3 is 2.70 bits per heavy atom. The van der Waals surface area contributed by atoms with Gasteiger partial charge >= 0.3 is 6.03 Å². The van der Waals surface area contributed by atoms with Gasteiger partial charge in [-0.1, -0.05) is 42.5 Å². The van der Waals surface area contributed by atoms with E-state index < -0.39 is 12.1 Å². The predicted octanol–water partition coefficient (Wildman–Crippen LogP) is 3.56. The van der Waals surface area contributed by atoms with Crippen molar-refractivity contribution < 1.29 is 23.9 Å². The molecule has 5 rings (SSSR count). The fourth-order valence-electron chi connectivity index (χ4n) is 4.56. The van der Waals surface area contributed by atoms with Crippen molar-refractivity contribution in [3.05, 3.63) is 77.4 Å². The lowest BCUT2D eigenvalue weighted by atomic mass is 9.99. The molecule has 3 N–H and O–H groups in total. The molecule has 3 aromatic rings. The van der Waals surface area contributed by atoms with Crippen LogP contribution in [0.4, 0.5) is 10.5 Å². The minimum atomic E-state index is -0.654. The van der Waals surface area contributed by atoms with Gasteiger partial charge in [0.05, 0.1) is 24.6 Å². The first-order valence-electron chi connectivity index (χ1n) is 11.6. The zero-order valence-electron chi connectivity index (χ0n) is 19.9. The van der Waals surface area contributed by atoms with E-state index in [0.717, 1.165) is 32.8 Å². The second-order valence-corrected chi connectivity index (χ2v) is 9.62. The number of methoxy groups -OCH3 is 1. The van der Waals surface area contributed by atoms with Crippen LogP contribution in [0.2, 0.25) is 0 Å². The van der Waals surface area contributed by atoms with Crippen LogP contribution >= 0.6 is 11.8 Å². The molecule has 10 heteroatoms. The highest BCUT2D eigenvalue weighted by Crippen LogP contribution is 2.40. The van der Waals surface area contributed by atoms with Crippen LogP contribution < -0.4 is 20.7 Å². The monoisotopic (exact) mass is 516 g/mol. The number of ether oxygens (including phenoxy) is 1. The van der Waals surface area contributed by atoms with Crippen LogP contribution in [0.5, 0.6) is 5.75 Å². The fourth-order valence-corrected chi connectivity index (χ4v) is 5.52. The highest BCUT2D eigenvalue weighted by atomic mass is 32.2. The van der Waals surface area contributed by atoms with E-state index >= 15 is 0 Å². The quantitative estimate of drug-likeness (QED) is 0.414. The van der Waals surface area contributed by atoms with Gasteiger partial charge in [0.2, 0.25) is 12.3 Å². The number of hydrogen-bond acceptors (Lipinski definition) is 6. The maximum absolute atomic E-state index is 13.1. The molecule has 2 heterocycles. The highest BCUT2D eigenvalue weighted by molar-refractivity contribution is 8.00. The average molecular weight is 517 g/mol. The molecule has 1 atom stereocenters. The summed E-state index contributed by atoms with van der Waals surface area (Å²) >= 11 is 1.50. The molecule has 9 nitrogen and oxygen atoms in total. The molecule has 0 aliphatic carbocycles. The fraction of sp³-hybridized carbons (Fsp3) is 0.185. The number of amides is 5. The summed E-state index contributed by atoms with van der Waals surface area (Å²) in [6.45, 7) is 0.618. The molecular weight excluding hydrogens is 492 g/mol. The molecule has 0 aromatic heterocycles. The summed E-state index contributed by atoms with van der Waals surface area (Å²) < 4.78 is 5.25. The Balaban J connectivity index is 1.40. The lowest BCUT2D eigenvalue weighted by Gasteiger charge is -2.25. The molecule has 0 saturated carbocycles. The van der Waals surface area contributed by atoms with E-state index in [1.807, 2.05) is 54.6 Å². The van der Waals surface area contributed by atoms with Gasteiger partial charge in [-0.25, -0.2) is 4.79 Å². The zero-order valence-corrected chi connectivity index (χ0v) is 20.8. The molecule has 188 valence electrons. The number of hydrogen-bond donors (Lipinski definition) is 3. The molecule has 0 saturated heterocycles. The van der Waals surface area contributed by atoms with Crippen molar-refractivity contribution in [1.29, 1.82) is 0 Å². The van der Waals surface area contributed by atoms with Gasteiger partial charge in [0.25, 0.3) is 5.91 Å². The molecule has 3 aromatic carbocycles.